The molecule has 3 nitrogen and oxygen atoms in total. The molecule has 0 heterocycles. The average molecular weight is 216 g/mol. The molecule has 3 heteroatoms. The summed E-state index contributed by atoms with van der Waals surface area (Å²) >= 11 is 0. The largest absolute Gasteiger partial charge is 0.396 e. The van der Waals surface area contributed by atoms with Crippen molar-refractivity contribution >= 4 is 5.69 Å². The topological polar surface area (TPSA) is 56.0 Å². The maximum absolute atomic E-state index is 9.23. The van der Waals surface area contributed by atoms with Gasteiger partial charge in [0.25, 0.3) is 0 Å². The van der Waals surface area contributed by atoms with Crippen LogP contribution < -0.4 is 5.32 Å². The Morgan fingerprint density at radius 3 is 2.81 bits per heavy atom. The van der Waals surface area contributed by atoms with Crippen molar-refractivity contribution in [2.45, 2.75) is 19.8 Å². The number of rotatable bonds is 4. The van der Waals surface area contributed by atoms with Crippen LogP contribution in [0.25, 0.3) is 0 Å². The van der Waals surface area contributed by atoms with Crippen molar-refractivity contribution in [3.63, 3.8) is 0 Å². The van der Waals surface area contributed by atoms with Crippen molar-refractivity contribution in [1.82, 2.24) is 0 Å². The van der Waals surface area contributed by atoms with Crippen LogP contribution in [0.3, 0.4) is 0 Å². The molecule has 0 aliphatic heterocycles. The van der Waals surface area contributed by atoms with E-state index < -0.39 is 0 Å². The van der Waals surface area contributed by atoms with Crippen molar-refractivity contribution in [2.75, 3.05) is 18.5 Å². The zero-order chi connectivity index (χ0) is 11.6. The lowest BCUT2D eigenvalue weighted by atomic mass is 10.1. The second-order valence-corrected chi connectivity index (χ2v) is 4.62. The van der Waals surface area contributed by atoms with Crippen LogP contribution in [0.2, 0.25) is 0 Å². The SMILES string of the molecule is Cc1cccc(C#N)c1NCC1(CO)CC1. The third-order valence-corrected chi connectivity index (χ3v) is 3.33. The van der Waals surface area contributed by atoms with Gasteiger partial charge in [-0.3, -0.25) is 0 Å². The molecule has 1 aromatic rings. The fourth-order valence-corrected chi connectivity index (χ4v) is 1.84. The number of aliphatic hydroxyl groups is 1. The lowest BCUT2D eigenvalue weighted by Gasteiger charge is -2.16. The smallest absolute Gasteiger partial charge is 0.101 e. The molecular weight excluding hydrogens is 200 g/mol. The van der Waals surface area contributed by atoms with Crippen molar-refractivity contribution in [1.29, 1.82) is 5.26 Å². The second kappa shape index (κ2) is 4.15. The predicted octanol–water partition coefficient (Wildman–Crippen LogP) is 2.05. The van der Waals surface area contributed by atoms with Gasteiger partial charge in [0.2, 0.25) is 0 Å². The summed E-state index contributed by atoms with van der Waals surface area (Å²) in [6.07, 6.45) is 2.15. The van der Waals surface area contributed by atoms with E-state index >= 15 is 0 Å². The zero-order valence-corrected chi connectivity index (χ0v) is 9.45. The van der Waals surface area contributed by atoms with Crippen molar-refractivity contribution in [3.8, 4) is 6.07 Å². The first-order valence-electron chi connectivity index (χ1n) is 5.55. The standard InChI is InChI=1S/C13H16N2O/c1-10-3-2-4-11(7-14)12(10)15-8-13(9-16)5-6-13/h2-4,15-16H,5-6,8-9H2,1H3. The second-order valence-electron chi connectivity index (χ2n) is 4.62. The minimum absolute atomic E-state index is 0.0645. The van der Waals surface area contributed by atoms with Gasteiger partial charge in [0.15, 0.2) is 0 Å². The van der Waals surface area contributed by atoms with Crippen LogP contribution in [-0.4, -0.2) is 18.3 Å². The van der Waals surface area contributed by atoms with E-state index in [4.69, 9.17) is 5.26 Å². The number of aliphatic hydroxyl groups excluding tert-OH is 1. The van der Waals surface area contributed by atoms with Crippen molar-refractivity contribution in [2.24, 2.45) is 5.41 Å². The Hall–Kier alpha value is -1.53. The summed E-state index contributed by atoms with van der Waals surface area (Å²) in [6.45, 7) is 2.97. The number of hydrogen-bond donors (Lipinski definition) is 2. The molecule has 0 radical (unpaired) electrons. The highest BCUT2D eigenvalue weighted by atomic mass is 16.3. The van der Waals surface area contributed by atoms with Crippen molar-refractivity contribution < 1.29 is 5.11 Å². The highest BCUT2D eigenvalue weighted by Crippen LogP contribution is 2.45. The molecule has 0 amide bonds. The van der Waals surface area contributed by atoms with E-state index in [2.05, 4.69) is 11.4 Å². The molecule has 2 N–H and O–H groups in total. The van der Waals surface area contributed by atoms with E-state index in [1.165, 1.54) is 0 Å². The Balaban J connectivity index is 2.12. The van der Waals surface area contributed by atoms with Gasteiger partial charge in [-0.15, -0.1) is 0 Å². The van der Waals surface area contributed by atoms with Gasteiger partial charge in [-0.2, -0.15) is 5.26 Å². The Labute approximate surface area is 95.7 Å². The summed E-state index contributed by atoms with van der Waals surface area (Å²) in [5.41, 5.74) is 2.72. The van der Waals surface area contributed by atoms with Gasteiger partial charge in [-0.05, 0) is 31.4 Å². The van der Waals surface area contributed by atoms with Gasteiger partial charge >= 0.3 is 0 Å². The lowest BCUT2D eigenvalue weighted by Crippen LogP contribution is -2.19. The first-order valence-corrected chi connectivity index (χ1v) is 5.55. The maximum atomic E-state index is 9.23. The summed E-state index contributed by atoms with van der Waals surface area (Å²) in [7, 11) is 0. The van der Waals surface area contributed by atoms with Crippen LogP contribution in [0.5, 0.6) is 0 Å². The van der Waals surface area contributed by atoms with Gasteiger partial charge in [0, 0.05) is 12.0 Å². The number of nitrogens with zero attached hydrogens (tertiary/aromatic N) is 1. The molecule has 1 aliphatic carbocycles. The summed E-state index contributed by atoms with van der Waals surface area (Å²) in [5.74, 6) is 0. The van der Waals surface area contributed by atoms with E-state index in [0.717, 1.165) is 30.6 Å². The number of benzene rings is 1. The Morgan fingerprint density at radius 1 is 1.50 bits per heavy atom. The molecule has 1 aliphatic rings. The number of nitrogens with one attached hydrogen (secondary N) is 1. The third-order valence-electron chi connectivity index (χ3n) is 3.33. The molecule has 16 heavy (non-hydrogen) atoms. The number of anilines is 1. The van der Waals surface area contributed by atoms with E-state index in [1.807, 2.05) is 25.1 Å². The minimum Gasteiger partial charge on any atom is -0.396 e. The summed E-state index contributed by atoms with van der Waals surface area (Å²) in [6, 6.07) is 7.87. The molecule has 1 saturated carbocycles. The quantitative estimate of drug-likeness (QED) is 0.810. The predicted molar refractivity (Wildman–Crippen MR) is 63.1 cm³/mol. The van der Waals surface area contributed by atoms with Gasteiger partial charge < -0.3 is 10.4 Å². The number of aryl methyl sites for hydroxylation is 1. The van der Waals surface area contributed by atoms with E-state index in [9.17, 15) is 5.11 Å². The van der Waals surface area contributed by atoms with Crippen LogP contribution in [0.4, 0.5) is 5.69 Å². The van der Waals surface area contributed by atoms with Crippen LogP contribution >= 0.6 is 0 Å². The Morgan fingerprint density at radius 2 is 2.25 bits per heavy atom. The van der Waals surface area contributed by atoms with Gasteiger partial charge in [-0.25, -0.2) is 0 Å². The Kier molecular flexibility index (Phi) is 2.84. The molecule has 0 atom stereocenters. The zero-order valence-electron chi connectivity index (χ0n) is 9.45. The highest BCUT2D eigenvalue weighted by Gasteiger charge is 2.41. The molecule has 1 aromatic carbocycles. The van der Waals surface area contributed by atoms with Gasteiger partial charge in [0.05, 0.1) is 17.9 Å². The highest BCUT2D eigenvalue weighted by molar-refractivity contribution is 5.62. The van der Waals surface area contributed by atoms with Crippen LogP contribution in [0.1, 0.15) is 24.0 Å². The number of hydrogen-bond acceptors (Lipinski definition) is 3. The minimum atomic E-state index is 0.0645. The van der Waals surface area contributed by atoms with Crippen molar-refractivity contribution in [3.05, 3.63) is 29.3 Å². The molecular formula is C13H16N2O. The van der Waals surface area contributed by atoms with Crippen LogP contribution in [0, 0.1) is 23.7 Å². The fraction of sp³-hybridized carbons (Fsp3) is 0.462. The van der Waals surface area contributed by atoms with Gasteiger partial charge in [0.1, 0.15) is 6.07 Å². The lowest BCUT2D eigenvalue weighted by molar-refractivity contribution is 0.220. The monoisotopic (exact) mass is 216 g/mol. The number of nitriles is 1. The summed E-state index contributed by atoms with van der Waals surface area (Å²) < 4.78 is 0. The molecule has 0 unspecified atom stereocenters. The third kappa shape index (κ3) is 2.02. The molecule has 0 spiro atoms. The van der Waals surface area contributed by atoms with E-state index in [-0.39, 0.29) is 12.0 Å². The van der Waals surface area contributed by atoms with Crippen LogP contribution in [0.15, 0.2) is 18.2 Å². The molecule has 1 fully saturated rings. The first-order chi connectivity index (χ1) is 7.71. The fourth-order valence-electron chi connectivity index (χ4n) is 1.84. The van der Waals surface area contributed by atoms with E-state index in [1.54, 1.807) is 0 Å². The Bertz CT molecular complexity index is 430. The van der Waals surface area contributed by atoms with Gasteiger partial charge in [-0.1, -0.05) is 12.1 Å². The molecule has 0 bridgehead atoms. The molecule has 84 valence electrons. The average Bonchev–Trinajstić information content (AvgIpc) is 3.08. The van der Waals surface area contributed by atoms with E-state index in [0.29, 0.717) is 5.56 Å². The normalized spacial score (nSPS) is 16.6. The number of para-hydroxylation sites is 1. The summed E-state index contributed by atoms with van der Waals surface area (Å²) in [5, 5.41) is 21.5. The molecule has 0 aromatic heterocycles. The van der Waals surface area contributed by atoms with Crippen LogP contribution in [-0.2, 0) is 0 Å². The molecule has 0 saturated heterocycles. The summed E-state index contributed by atoms with van der Waals surface area (Å²) in [4.78, 5) is 0. The molecule has 2 rings (SSSR count). The maximum Gasteiger partial charge on any atom is 0.101 e. The first kappa shape index (κ1) is 11.0.